The Hall–Kier alpha value is -0.770. The molecule has 1 aromatic carbocycles. The SMILES string of the molecule is CC[NH+](CC)CCOC(=O)c1cccc(Cl)c1.[Cl-]. The Kier molecular flexibility index (Phi) is 8.81. The average Bonchev–Trinajstić information content (AvgIpc) is 2.34. The standard InChI is InChI=1S/C13H18ClNO2.ClH/c1-3-15(4-2)8-9-17-13(16)11-6-5-7-12(14)10-11;/h5-7,10H,3-4,8-9H2,1-2H3;1H. The molecule has 0 saturated carbocycles. The lowest BCUT2D eigenvalue weighted by molar-refractivity contribution is -0.896. The number of rotatable bonds is 6. The van der Waals surface area contributed by atoms with Crippen molar-refractivity contribution in [2.45, 2.75) is 13.8 Å². The molecule has 0 bridgehead atoms. The van der Waals surface area contributed by atoms with Crippen molar-refractivity contribution in [3.8, 4) is 0 Å². The Labute approximate surface area is 119 Å². The van der Waals surface area contributed by atoms with Crippen LogP contribution in [0.3, 0.4) is 0 Å². The van der Waals surface area contributed by atoms with Crippen molar-refractivity contribution in [3.63, 3.8) is 0 Å². The maximum Gasteiger partial charge on any atom is 0.338 e. The van der Waals surface area contributed by atoms with E-state index in [0.717, 1.165) is 19.6 Å². The van der Waals surface area contributed by atoms with Gasteiger partial charge in [0, 0.05) is 5.02 Å². The van der Waals surface area contributed by atoms with Crippen LogP contribution in [-0.4, -0.2) is 32.2 Å². The molecular formula is C13H19Cl2NO2. The van der Waals surface area contributed by atoms with Crippen molar-refractivity contribution in [3.05, 3.63) is 34.9 Å². The molecule has 0 aliphatic rings. The number of hydrogen-bond acceptors (Lipinski definition) is 2. The summed E-state index contributed by atoms with van der Waals surface area (Å²) in [7, 11) is 0. The number of quaternary nitrogens is 1. The number of ether oxygens (including phenoxy) is 1. The Balaban J connectivity index is 0.00000289. The predicted molar refractivity (Wildman–Crippen MR) is 68.6 cm³/mol. The summed E-state index contributed by atoms with van der Waals surface area (Å²) in [5.41, 5.74) is 0.507. The molecule has 0 unspecified atom stereocenters. The highest BCUT2D eigenvalue weighted by molar-refractivity contribution is 6.30. The number of halogens is 2. The van der Waals surface area contributed by atoms with Gasteiger partial charge in [-0.15, -0.1) is 0 Å². The molecular weight excluding hydrogens is 273 g/mol. The molecule has 0 heterocycles. The fourth-order valence-electron chi connectivity index (χ4n) is 1.59. The second-order valence-electron chi connectivity index (χ2n) is 3.85. The number of nitrogens with one attached hydrogen (secondary N) is 1. The number of carbonyl (C=O) groups excluding carboxylic acids is 1. The van der Waals surface area contributed by atoms with Crippen LogP contribution in [0.5, 0.6) is 0 Å². The van der Waals surface area contributed by atoms with Crippen LogP contribution < -0.4 is 17.3 Å². The van der Waals surface area contributed by atoms with Gasteiger partial charge in [0.05, 0.1) is 18.7 Å². The largest absolute Gasteiger partial charge is 1.00 e. The van der Waals surface area contributed by atoms with E-state index in [1.54, 1.807) is 24.3 Å². The Bertz CT molecular complexity index is 368. The first-order chi connectivity index (χ1) is 8.17. The molecule has 1 aromatic rings. The molecule has 0 aliphatic heterocycles. The van der Waals surface area contributed by atoms with Gasteiger partial charge in [-0.25, -0.2) is 4.79 Å². The predicted octanol–water partition coefficient (Wildman–Crippen LogP) is -1.57. The van der Waals surface area contributed by atoms with Crippen molar-refractivity contribution in [2.75, 3.05) is 26.2 Å². The number of esters is 1. The molecule has 0 amide bonds. The van der Waals surface area contributed by atoms with Gasteiger partial charge in [-0.2, -0.15) is 0 Å². The zero-order chi connectivity index (χ0) is 12.7. The van der Waals surface area contributed by atoms with E-state index in [1.165, 1.54) is 4.90 Å². The van der Waals surface area contributed by atoms with Gasteiger partial charge in [0.2, 0.25) is 0 Å². The summed E-state index contributed by atoms with van der Waals surface area (Å²) in [4.78, 5) is 13.1. The van der Waals surface area contributed by atoms with Crippen molar-refractivity contribution < 1.29 is 26.8 Å². The van der Waals surface area contributed by atoms with Crippen LogP contribution in [-0.2, 0) is 4.74 Å². The summed E-state index contributed by atoms with van der Waals surface area (Å²) in [6, 6.07) is 6.81. The second kappa shape index (κ2) is 9.20. The summed E-state index contributed by atoms with van der Waals surface area (Å²) in [6.45, 7) is 7.63. The van der Waals surface area contributed by atoms with Crippen molar-refractivity contribution in [2.24, 2.45) is 0 Å². The highest BCUT2D eigenvalue weighted by Gasteiger charge is 2.09. The summed E-state index contributed by atoms with van der Waals surface area (Å²) >= 11 is 5.81. The minimum absolute atomic E-state index is 0. The Morgan fingerprint density at radius 3 is 2.56 bits per heavy atom. The molecule has 0 atom stereocenters. The van der Waals surface area contributed by atoms with Crippen LogP contribution in [0.1, 0.15) is 24.2 Å². The zero-order valence-electron chi connectivity index (χ0n) is 10.7. The molecule has 18 heavy (non-hydrogen) atoms. The number of benzene rings is 1. The molecule has 0 spiro atoms. The molecule has 1 N–H and O–H groups in total. The van der Waals surface area contributed by atoms with E-state index in [0.29, 0.717) is 17.2 Å². The van der Waals surface area contributed by atoms with E-state index in [2.05, 4.69) is 13.8 Å². The Morgan fingerprint density at radius 2 is 2.00 bits per heavy atom. The van der Waals surface area contributed by atoms with Crippen LogP contribution in [0.25, 0.3) is 0 Å². The third-order valence-corrected chi connectivity index (χ3v) is 2.98. The quantitative estimate of drug-likeness (QED) is 0.642. The lowest BCUT2D eigenvalue weighted by Crippen LogP contribution is -3.11. The van der Waals surface area contributed by atoms with E-state index in [9.17, 15) is 4.79 Å². The number of carbonyl (C=O) groups is 1. The minimum Gasteiger partial charge on any atom is -1.00 e. The van der Waals surface area contributed by atoms with Gasteiger partial charge in [-0.3, -0.25) is 0 Å². The monoisotopic (exact) mass is 291 g/mol. The normalized spacial score (nSPS) is 10.0. The van der Waals surface area contributed by atoms with Crippen molar-refractivity contribution >= 4 is 17.6 Å². The van der Waals surface area contributed by atoms with E-state index < -0.39 is 0 Å². The maximum absolute atomic E-state index is 11.7. The second-order valence-corrected chi connectivity index (χ2v) is 4.29. The fourth-order valence-corrected chi connectivity index (χ4v) is 1.78. The molecule has 0 aliphatic carbocycles. The first kappa shape index (κ1) is 17.2. The molecule has 0 saturated heterocycles. The lowest BCUT2D eigenvalue weighted by Gasteiger charge is -2.14. The van der Waals surface area contributed by atoms with E-state index >= 15 is 0 Å². The van der Waals surface area contributed by atoms with E-state index in [1.807, 2.05) is 0 Å². The van der Waals surface area contributed by atoms with E-state index in [-0.39, 0.29) is 18.4 Å². The molecule has 0 radical (unpaired) electrons. The molecule has 5 heteroatoms. The minimum atomic E-state index is -0.306. The van der Waals surface area contributed by atoms with Gasteiger partial charge in [0.25, 0.3) is 0 Å². The van der Waals surface area contributed by atoms with Crippen LogP contribution in [0.4, 0.5) is 0 Å². The average molecular weight is 292 g/mol. The fraction of sp³-hybridized carbons (Fsp3) is 0.462. The zero-order valence-corrected chi connectivity index (χ0v) is 12.2. The van der Waals surface area contributed by atoms with E-state index in [4.69, 9.17) is 16.3 Å². The van der Waals surface area contributed by atoms with Crippen molar-refractivity contribution in [1.29, 1.82) is 0 Å². The molecule has 3 nitrogen and oxygen atoms in total. The van der Waals surface area contributed by atoms with Crippen molar-refractivity contribution in [1.82, 2.24) is 0 Å². The number of likely N-dealkylation sites (N-methyl/N-ethyl adjacent to an activating group) is 1. The van der Waals surface area contributed by atoms with Gasteiger partial charge in [0.1, 0.15) is 13.2 Å². The summed E-state index contributed by atoms with van der Waals surface area (Å²) < 4.78 is 5.20. The van der Waals surface area contributed by atoms with Gasteiger partial charge in [0.15, 0.2) is 0 Å². The molecule has 0 fully saturated rings. The third-order valence-electron chi connectivity index (χ3n) is 2.75. The first-order valence-electron chi connectivity index (χ1n) is 5.93. The molecule has 0 aromatic heterocycles. The van der Waals surface area contributed by atoms with Gasteiger partial charge < -0.3 is 22.0 Å². The summed E-state index contributed by atoms with van der Waals surface area (Å²) in [6.07, 6.45) is 0. The lowest BCUT2D eigenvalue weighted by atomic mass is 10.2. The first-order valence-corrected chi connectivity index (χ1v) is 6.31. The Morgan fingerprint density at radius 1 is 1.33 bits per heavy atom. The summed E-state index contributed by atoms with van der Waals surface area (Å²) in [5, 5.41) is 0.550. The highest BCUT2D eigenvalue weighted by Crippen LogP contribution is 2.11. The third kappa shape index (κ3) is 5.71. The number of hydrogen-bond donors (Lipinski definition) is 1. The van der Waals surface area contributed by atoms with Crippen LogP contribution in [0.15, 0.2) is 24.3 Å². The van der Waals surface area contributed by atoms with Crippen LogP contribution in [0.2, 0.25) is 5.02 Å². The molecule has 102 valence electrons. The van der Waals surface area contributed by atoms with Gasteiger partial charge in [-0.1, -0.05) is 17.7 Å². The summed E-state index contributed by atoms with van der Waals surface area (Å²) in [5.74, 6) is -0.306. The highest BCUT2D eigenvalue weighted by atomic mass is 35.5. The maximum atomic E-state index is 11.7. The van der Waals surface area contributed by atoms with Gasteiger partial charge >= 0.3 is 5.97 Å². The van der Waals surface area contributed by atoms with Crippen LogP contribution in [0, 0.1) is 0 Å². The van der Waals surface area contributed by atoms with Gasteiger partial charge in [-0.05, 0) is 32.0 Å². The smallest absolute Gasteiger partial charge is 0.338 e. The topological polar surface area (TPSA) is 30.7 Å². The molecule has 1 rings (SSSR count). The van der Waals surface area contributed by atoms with Crippen LogP contribution >= 0.6 is 11.6 Å².